The van der Waals surface area contributed by atoms with Crippen molar-refractivity contribution in [2.24, 2.45) is 0 Å². The Morgan fingerprint density at radius 3 is 2.59 bits per heavy atom. The number of halogens is 1. The summed E-state index contributed by atoms with van der Waals surface area (Å²) in [5.41, 5.74) is 5.16. The summed E-state index contributed by atoms with van der Waals surface area (Å²) in [6, 6.07) is 11.3. The number of carboxylic acids is 1. The average Bonchev–Trinajstić information content (AvgIpc) is 2.87. The SMILES string of the molecule is C/C1=C(\C(=O)NCc2cc(C)cc(Oc3ccc(CCC(=O)O)c(C)c3)c2)N(C)C(C)/C=C\C(F)=C/C1. The van der Waals surface area contributed by atoms with Crippen molar-refractivity contribution in [1.82, 2.24) is 10.2 Å². The number of hydrogen-bond acceptors (Lipinski definition) is 4. The van der Waals surface area contributed by atoms with E-state index in [0.717, 1.165) is 27.8 Å². The predicted molar refractivity (Wildman–Crippen MR) is 143 cm³/mol. The van der Waals surface area contributed by atoms with Crippen LogP contribution in [-0.4, -0.2) is 35.0 Å². The van der Waals surface area contributed by atoms with E-state index in [2.05, 4.69) is 5.32 Å². The molecular weight excluding hydrogens is 471 g/mol. The van der Waals surface area contributed by atoms with Crippen LogP contribution in [0.15, 0.2) is 71.7 Å². The number of amides is 1. The second-order valence-corrected chi connectivity index (χ2v) is 9.55. The van der Waals surface area contributed by atoms with E-state index in [1.807, 2.05) is 76.0 Å². The van der Waals surface area contributed by atoms with E-state index < -0.39 is 5.97 Å². The smallest absolute Gasteiger partial charge is 0.303 e. The number of ether oxygens (including phenoxy) is 1. The number of aryl methyl sites for hydroxylation is 3. The third-order valence-corrected chi connectivity index (χ3v) is 6.44. The number of nitrogens with zero attached hydrogens (tertiary/aromatic N) is 1. The van der Waals surface area contributed by atoms with Gasteiger partial charge in [0.25, 0.3) is 5.91 Å². The fourth-order valence-electron chi connectivity index (χ4n) is 4.28. The summed E-state index contributed by atoms with van der Waals surface area (Å²) in [6.07, 6.45) is 5.57. The molecule has 0 saturated carbocycles. The molecule has 0 fully saturated rings. The van der Waals surface area contributed by atoms with Crippen molar-refractivity contribution in [3.8, 4) is 11.5 Å². The number of carboxylic acid groups (broad SMARTS) is 1. The summed E-state index contributed by atoms with van der Waals surface area (Å²) >= 11 is 0. The van der Waals surface area contributed by atoms with Crippen LogP contribution in [0.25, 0.3) is 0 Å². The highest BCUT2D eigenvalue weighted by molar-refractivity contribution is 5.93. The highest BCUT2D eigenvalue weighted by Gasteiger charge is 2.21. The van der Waals surface area contributed by atoms with Gasteiger partial charge in [-0.1, -0.05) is 18.2 Å². The van der Waals surface area contributed by atoms with Crippen LogP contribution in [0.4, 0.5) is 4.39 Å². The lowest BCUT2D eigenvalue weighted by Crippen LogP contribution is -2.37. The van der Waals surface area contributed by atoms with Gasteiger partial charge in [-0.3, -0.25) is 9.59 Å². The molecule has 2 aromatic rings. The normalized spacial score (nSPS) is 20.2. The zero-order valence-corrected chi connectivity index (χ0v) is 22.1. The van der Waals surface area contributed by atoms with E-state index >= 15 is 0 Å². The van der Waals surface area contributed by atoms with Crippen LogP contribution < -0.4 is 10.1 Å². The first kappa shape index (κ1) is 27.7. The van der Waals surface area contributed by atoms with Gasteiger partial charge >= 0.3 is 5.97 Å². The topological polar surface area (TPSA) is 78.9 Å². The molecular formula is C30H35FN2O4. The number of nitrogens with one attached hydrogen (secondary N) is 1. The molecule has 0 spiro atoms. The fraction of sp³-hybridized carbons (Fsp3) is 0.333. The Hall–Kier alpha value is -3.87. The van der Waals surface area contributed by atoms with Crippen LogP contribution in [0, 0.1) is 13.8 Å². The van der Waals surface area contributed by atoms with Gasteiger partial charge in [0.2, 0.25) is 0 Å². The summed E-state index contributed by atoms with van der Waals surface area (Å²) in [6.45, 7) is 7.98. The van der Waals surface area contributed by atoms with Crippen molar-refractivity contribution in [1.29, 1.82) is 0 Å². The van der Waals surface area contributed by atoms with Crippen LogP contribution in [0.1, 0.15) is 48.9 Å². The quantitative estimate of drug-likeness (QED) is 0.450. The average molecular weight is 507 g/mol. The number of hydrogen-bond donors (Lipinski definition) is 2. The first-order chi connectivity index (χ1) is 17.5. The van der Waals surface area contributed by atoms with Gasteiger partial charge < -0.3 is 20.1 Å². The van der Waals surface area contributed by atoms with E-state index in [9.17, 15) is 14.0 Å². The van der Waals surface area contributed by atoms with Crippen molar-refractivity contribution < 1.29 is 23.8 Å². The maximum absolute atomic E-state index is 13.9. The van der Waals surface area contributed by atoms with Crippen molar-refractivity contribution >= 4 is 11.9 Å². The lowest BCUT2D eigenvalue weighted by Gasteiger charge is -2.28. The van der Waals surface area contributed by atoms with Crippen LogP contribution in [0.3, 0.4) is 0 Å². The molecule has 0 aromatic heterocycles. The van der Waals surface area contributed by atoms with Gasteiger partial charge in [0.1, 0.15) is 23.0 Å². The molecule has 2 N–H and O–H groups in total. The molecule has 0 aliphatic carbocycles. The number of carbonyl (C=O) groups excluding carboxylic acids is 1. The van der Waals surface area contributed by atoms with Gasteiger partial charge in [-0.15, -0.1) is 0 Å². The Morgan fingerprint density at radius 1 is 1.14 bits per heavy atom. The van der Waals surface area contributed by atoms with Crippen molar-refractivity contribution in [3.63, 3.8) is 0 Å². The molecule has 0 radical (unpaired) electrons. The summed E-state index contributed by atoms with van der Waals surface area (Å²) in [7, 11) is 1.84. The van der Waals surface area contributed by atoms with Crippen LogP contribution in [0.5, 0.6) is 11.5 Å². The summed E-state index contributed by atoms with van der Waals surface area (Å²) in [4.78, 5) is 25.9. The predicted octanol–water partition coefficient (Wildman–Crippen LogP) is 6.14. The van der Waals surface area contributed by atoms with E-state index in [1.54, 1.807) is 6.08 Å². The Bertz CT molecular complexity index is 1260. The maximum atomic E-state index is 13.9. The number of rotatable bonds is 8. The number of benzene rings is 2. The monoisotopic (exact) mass is 506 g/mol. The van der Waals surface area contributed by atoms with Gasteiger partial charge in [-0.2, -0.15) is 0 Å². The van der Waals surface area contributed by atoms with Crippen molar-refractivity contribution in [2.45, 2.75) is 59.5 Å². The number of carbonyl (C=O) groups is 2. The van der Waals surface area contributed by atoms with Gasteiger partial charge in [0, 0.05) is 26.1 Å². The van der Waals surface area contributed by atoms with E-state index in [4.69, 9.17) is 9.84 Å². The molecule has 0 saturated heterocycles. The second-order valence-electron chi connectivity index (χ2n) is 9.55. The van der Waals surface area contributed by atoms with Gasteiger partial charge in [0.15, 0.2) is 0 Å². The molecule has 7 heteroatoms. The minimum absolute atomic E-state index is 0.0867. The summed E-state index contributed by atoms with van der Waals surface area (Å²) < 4.78 is 20.0. The van der Waals surface area contributed by atoms with Gasteiger partial charge in [-0.25, -0.2) is 4.39 Å². The Labute approximate surface area is 218 Å². The molecule has 0 bridgehead atoms. The number of allylic oxidation sites excluding steroid dienone is 4. The Morgan fingerprint density at radius 2 is 1.89 bits per heavy atom. The molecule has 37 heavy (non-hydrogen) atoms. The lowest BCUT2D eigenvalue weighted by molar-refractivity contribution is -0.137. The third-order valence-electron chi connectivity index (χ3n) is 6.44. The minimum Gasteiger partial charge on any atom is -0.481 e. The highest BCUT2D eigenvalue weighted by Crippen LogP contribution is 2.27. The molecule has 1 amide bonds. The molecule has 1 heterocycles. The highest BCUT2D eigenvalue weighted by atomic mass is 19.1. The first-order valence-corrected chi connectivity index (χ1v) is 12.4. The maximum Gasteiger partial charge on any atom is 0.303 e. The van der Waals surface area contributed by atoms with E-state index in [0.29, 0.717) is 36.6 Å². The number of likely N-dealkylation sites (N-methyl/N-ethyl adjacent to an activating group) is 1. The van der Waals surface area contributed by atoms with E-state index in [1.165, 1.54) is 12.2 Å². The standard InChI is InChI=1S/C30H35FN2O4/c1-19-14-23(17-27(15-19)37-26-12-8-24(21(3)16-26)9-13-28(34)35)18-32-30(36)29-20(2)6-10-25(31)11-7-22(4)33(29)5/h7-8,10-12,14-17,22H,6,9,13,18H2,1-5H3,(H,32,36)(H,34,35)/b11-7-,25-10+,29-20-. The third kappa shape index (κ3) is 7.81. The zero-order chi connectivity index (χ0) is 27.1. The molecule has 1 unspecified atom stereocenters. The van der Waals surface area contributed by atoms with Gasteiger partial charge in [-0.05, 0) is 105 Å². The summed E-state index contributed by atoms with van der Waals surface area (Å²) in [5.74, 6) is -0.0331. The molecule has 1 aliphatic rings. The minimum atomic E-state index is -0.820. The molecule has 3 rings (SSSR count). The fourth-order valence-corrected chi connectivity index (χ4v) is 4.28. The van der Waals surface area contributed by atoms with E-state index in [-0.39, 0.29) is 24.2 Å². The van der Waals surface area contributed by atoms with Gasteiger partial charge in [0.05, 0.1) is 0 Å². The molecule has 196 valence electrons. The van der Waals surface area contributed by atoms with Crippen molar-refractivity contribution in [3.05, 3.63) is 94.0 Å². The first-order valence-electron chi connectivity index (χ1n) is 12.4. The van der Waals surface area contributed by atoms with Crippen LogP contribution in [0.2, 0.25) is 0 Å². The van der Waals surface area contributed by atoms with Crippen LogP contribution in [-0.2, 0) is 22.6 Å². The molecule has 1 aliphatic heterocycles. The second kappa shape index (κ2) is 12.4. The molecule has 6 nitrogen and oxygen atoms in total. The lowest BCUT2D eigenvalue weighted by atomic mass is 10.0. The zero-order valence-electron chi connectivity index (χ0n) is 22.1. The molecule has 2 aromatic carbocycles. The van der Waals surface area contributed by atoms with Crippen LogP contribution >= 0.6 is 0 Å². The molecule has 1 atom stereocenters. The summed E-state index contributed by atoms with van der Waals surface area (Å²) in [5, 5.41) is 11.9. The number of aliphatic carboxylic acids is 1. The Kier molecular flexibility index (Phi) is 9.28. The largest absolute Gasteiger partial charge is 0.481 e. The van der Waals surface area contributed by atoms with Crippen molar-refractivity contribution in [2.75, 3.05) is 7.05 Å². The Balaban J connectivity index is 1.72.